The molecule has 18 nitrogen and oxygen atoms in total. The number of carbonyl (C=O) groups is 6. The van der Waals surface area contributed by atoms with E-state index in [1.165, 1.54) is 36.0 Å². The topological polar surface area (TPSA) is 224 Å². The van der Waals surface area contributed by atoms with Gasteiger partial charge in [-0.25, -0.2) is 5.43 Å². The molecule has 2 aromatic carbocycles. The predicted octanol–water partition coefficient (Wildman–Crippen LogP) is 3.35. The Morgan fingerprint density at radius 3 is 2.51 bits per heavy atom. The number of ether oxygens (including phenoxy) is 3. The summed E-state index contributed by atoms with van der Waals surface area (Å²) in [5, 5.41) is 19.3. The molecule has 4 amide bonds. The Kier molecular flexibility index (Phi) is 14.9. The third-order valence-corrected chi connectivity index (χ3v) is 13.1. The van der Waals surface area contributed by atoms with E-state index in [1.807, 2.05) is 24.4 Å². The van der Waals surface area contributed by atoms with Gasteiger partial charge in [-0.05, 0) is 90.3 Å². The van der Waals surface area contributed by atoms with Crippen molar-refractivity contribution in [2.24, 2.45) is 11.3 Å². The fraction of sp³-hybridized carbons (Fsp3) is 0.500. The molecule has 0 saturated carbocycles. The Bertz CT molecular complexity index is 2590. The standard InChI is InChI=1S/C50H64N8O10/c1-10-57-39-14-13-30-22-34(39)35(44(57)36-24-51-16-15-31(36)26-66-8)23-50(4,5)27-68-48(64)37-12-11-17-58(54-37)46(62)38(20-29-18-32(30)21-33(59)19-29)52-45(61)43(28(2)3)56(7)40(60)25-55(6)47(63)41-42(53-41)49(65)67-9/h13-16,18-19,21-22,24,28,37-38,41-43,53-54,59H,10-12,17,20,23,25-27H2,1-9H3,(H,52,61)/t37-,38-,41-,42-,43?/m0/s1. The van der Waals surface area contributed by atoms with Crippen molar-refractivity contribution in [3.05, 3.63) is 71.5 Å². The zero-order chi connectivity index (χ0) is 49.2. The molecule has 5 atom stereocenters. The molecule has 3 aliphatic heterocycles. The Balaban J connectivity index is 1.26. The molecule has 0 radical (unpaired) electrons. The van der Waals surface area contributed by atoms with E-state index in [0.29, 0.717) is 43.5 Å². The molecule has 18 heteroatoms. The quantitative estimate of drug-likeness (QED) is 0.118. The lowest BCUT2D eigenvalue weighted by Gasteiger charge is -2.37. The number of hydrogen-bond donors (Lipinski definition) is 4. The van der Waals surface area contributed by atoms with Crippen molar-refractivity contribution >= 4 is 46.5 Å². The van der Waals surface area contributed by atoms with Gasteiger partial charge in [0.25, 0.3) is 5.91 Å². The summed E-state index contributed by atoms with van der Waals surface area (Å²) in [6.45, 7) is 10.7. The first-order valence-corrected chi connectivity index (χ1v) is 23.2. The number of rotatable bonds is 12. The summed E-state index contributed by atoms with van der Waals surface area (Å²) in [5.74, 6) is -3.74. The smallest absolute Gasteiger partial charge is 0.325 e. The van der Waals surface area contributed by atoms with Gasteiger partial charge in [0.05, 0.1) is 32.6 Å². The maximum Gasteiger partial charge on any atom is 0.325 e. The number of benzene rings is 2. The average molecular weight is 937 g/mol. The van der Waals surface area contributed by atoms with Crippen LogP contribution in [-0.2, 0) is 69.0 Å². The summed E-state index contributed by atoms with van der Waals surface area (Å²) in [4.78, 5) is 88.7. The number of aromatic nitrogens is 2. The van der Waals surface area contributed by atoms with Gasteiger partial charge in [0, 0.05) is 75.0 Å². The SMILES string of the molecule is CCn1c(-c2cnccc2COC)c2c3cc(ccc31)-c1cc(O)cc(c1)C[C@H](NC(=O)C(C(C)C)N(C)C(=O)CN(C)C(=O)[C@H]1N[C@@H]1C(=O)OC)C(=O)N1CCC[C@H](N1)C(=O)OCC(C)(C)C2. The van der Waals surface area contributed by atoms with Gasteiger partial charge in [-0.1, -0.05) is 39.8 Å². The van der Waals surface area contributed by atoms with Crippen molar-refractivity contribution in [1.29, 1.82) is 0 Å². The predicted molar refractivity (Wildman–Crippen MR) is 252 cm³/mol. The van der Waals surface area contributed by atoms with E-state index in [4.69, 9.17) is 14.2 Å². The maximum atomic E-state index is 14.7. The monoisotopic (exact) mass is 936 g/mol. The molecule has 3 aliphatic rings. The van der Waals surface area contributed by atoms with Crippen LogP contribution in [0.2, 0.25) is 0 Å². The first kappa shape index (κ1) is 49.5. The number of likely N-dealkylation sites (N-methyl/N-ethyl adjacent to an activating group) is 2. The Hall–Kier alpha value is -6.37. The zero-order valence-electron chi connectivity index (χ0n) is 40.4. The molecule has 4 N–H and O–H groups in total. The Labute approximate surface area is 396 Å². The van der Waals surface area contributed by atoms with Crippen molar-refractivity contribution in [3.63, 3.8) is 0 Å². The molecule has 7 rings (SSSR count). The first-order chi connectivity index (χ1) is 32.4. The van der Waals surface area contributed by atoms with Gasteiger partial charge in [-0.2, -0.15) is 0 Å². The summed E-state index contributed by atoms with van der Waals surface area (Å²) in [5.41, 5.74) is 9.49. The molecule has 0 aliphatic carbocycles. The number of phenols is 1. The van der Waals surface area contributed by atoms with E-state index in [9.17, 15) is 33.9 Å². The van der Waals surface area contributed by atoms with E-state index < -0.39 is 77.1 Å². The first-order valence-electron chi connectivity index (χ1n) is 23.2. The summed E-state index contributed by atoms with van der Waals surface area (Å²) < 4.78 is 18.7. The largest absolute Gasteiger partial charge is 0.508 e. The van der Waals surface area contributed by atoms with E-state index in [0.717, 1.165) is 38.9 Å². The van der Waals surface area contributed by atoms with Crippen LogP contribution in [-0.4, -0.2) is 143 Å². The number of methoxy groups -OCH3 is 2. The van der Waals surface area contributed by atoms with Crippen LogP contribution in [0.15, 0.2) is 54.9 Å². The minimum atomic E-state index is -1.22. The van der Waals surface area contributed by atoms with Crippen LogP contribution in [0.5, 0.6) is 5.75 Å². The van der Waals surface area contributed by atoms with Gasteiger partial charge in [-0.15, -0.1) is 0 Å². The molecular weight excluding hydrogens is 873 g/mol. The zero-order valence-corrected chi connectivity index (χ0v) is 40.4. The van der Waals surface area contributed by atoms with Crippen LogP contribution >= 0.6 is 0 Å². The summed E-state index contributed by atoms with van der Waals surface area (Å²) in [6.07, 6.45) is 4.97. The minimum absolute atomic E-state index is 0.0421. The molecule has 2 saturated heterocycles. The highest BCUT2D eigenvalue weighted by Crippen LogP contribution is 2.41. The number of phenolic OH excluding ortho intramolecular Hbond substituents is 1. The number of pyridine rings is 1. The lowest BCUT2D eigenvalue weighted by molar-refractivity contribution is -0.155. The number of nitrogens with zero attached hydrogens (tertiary/aromatic N) is 5. The van der Waals surface area contributed by atoms with Gasteiger partial charge in [0.15, 0.2) is 0 Å². The molecule has 1 unspecified atom stereocenters. The summed E-state index contributed by atoms with van der Waals surface area (Å²) >= 11 is 0. The molecule has 6 bridgehead atoms. The number of amides is 4. The number of carbonyl (C=O) groups excluding carboxylic acids is 6. The van der Waals surface area contributed by atoms with Gasteiger partial charge < -0.3 is 39.0 Å². The number of aromatic hydroxyl groups is 1. The van der Waals surface area contributed by atoms with E-state index in [2.05, 4.69) is 58.5 Å². The highest BCUT2D eigenvalue weighted by Gasteiger charge is 2.50. The molecule has 2 fully saturated rings. The fourth-order valence-corrected chi connectivity index (χ4v) is 9.58. The Morgan fingerprint density at radius 1 is 1.04 bits per heavy atom. The van der Waals surface area contributed by atoms with E-state index >= 15 is 0 Å². The number of cyclic esters (lactones) is 1. The lowest BCUT2D eigenvalue weighted by Crippen LogP contribution is -2.62. The number of nitrogens with one attached hydrogen (secondary N) is 3. The van der Waals surface area contributed by atoms with Crippen LogP contribution in [0.4, 0.5) is 0 Å². The van der Waals surface area contributed by atoms with Crippen molar-refractivity contribution in [2.45, 2.75) is 104 Å². The van der Waals surface area contributed by atoms with E-state index in [-0.39, 0.29) is 31.9 Å². The average Bonchev–Trinajstić information content (AvgIpc) is 4.06. The van der Waals surface area contributed by atoms with Crippen LogP contribution < -0.4 is 16.1 Å². The van der Waals surface area contributed by atoms with Crippen LogP contribution in [0.25, 0.3) is 33.3 Å². The highest BCUT2D eigenvalue weighted by molar-refractivity contribution is 5.98. The second-order valence-corrected chi connectivity index (χ2v) is 19.2. The second kappa shape index (κ2) is 20.5. The summed E-state index contributed by atoms with van der Waals surface area (Å²) in [6, 6.07) is 8.46. The van der Waals surface area contributed by atoms with Gasteiger partial charge in [-0.3, -0.25) is 44.1 Å². The van der Waals surface area contributed by atoms with Crippen molar-refractivity contribution in [1.82, 2.24) is 40.4 Å². The fourth-order valence-electron chi connectivity index (χ4n) is 9.58. The lowest BCUT2D eigenvalue weighted by atomic mass is 9.84. The van der Waals surface area contributed by atoms with E-state index in [1.54, 1.807) is 39.3 Å². The number of aryl methyl sites for hydroxylation is 1. The third-order valence-electron chi connectivity index (χ3n) is 13.1. The highest BCUT2D eigenvalue weighted by atomic mass is 16.5. The van der Waals surface area contributed by atoms with Gasteiger partial charge >= 0.3 is 11.9 Å². The molecule has 2 aromatic heterocycles. The van der Waals surface area contributed by atoms with Gasteiger partial charge in [0.1, 0.15) is 36.0 Å². The third kappa shape index (κ3) is 10.5. The number of esters is 2. The van der Waals surface area contributed by atoms with Crippen molar-refractivity contribution < 1.29 is 48.1 Å². The second-order valence-electron chi connectivity index (χ2n) is 19.2. The number of fused-ring (bicyclic) bond motifs is 6. The van der Waals surface area contributed by atoms with Gasteiger partial charge in [0.2, 0.25) is 17.7 Å². The molecular formula is C50H64N8O10. The molecule has 364 valence electrons. The van der Waals surface area contributed by atoms with Crippen LogP contribution in [0.1, 0.15) is 64.2 Å². The summed E-state index contributed by atoms with van der Waals surface area (Å²) in [7, 11) is 5.78. The van der Waals surface area contributed by atoms with Crippen LogP contribution in [0.3, 0.4) is 0 Å². The number of hydrazine groups is 1. The normalized spacial score (nSPS) is 20.8. The molecule has 0 spiro atoms. The molecule has 68 heavy (non-hydrogen) atoms. The van der Waals surface area contributed by atoms with Crippen molar-refractivity contribution in [3.8, 4) is 28.1 Å². The Morgan fingerprint density at radius 2 is 1.81 bits per heavy atom. The minimum Gasteiger partial charge on any atom is -0.508 e. The maximum absolute atomic E-state index is 14.7. The molecule has 4 aromatic rings. The number of hydrogen-bond acceptors (Lipinski definition) is 13. The molecule has 5 heterocycles. The van der Waals surface area contributed by atoms with Crippen molar-refractivity contribution in [2.75, 3.05) is 48.0 Å². The van der Waals surface area contributed by atoms with Crippen LogP contribution in [0, 0.1) is 11.3 Å².